The quantitative estimate of drug-likeness (QED) is 0.301. The smallest absolute Gasteiger partial charge is 0.192 e. The fourth-order valence-corrected chi connectivity index (χ4v) is 1.92. The number of hydrogen-bond acceptors (Lipinski definition) is 2. The van der Waals surface area contributed by atoms with Crippen molar-refractivity contribution in [1.82, 2.24) is 10.6 Å². The van der Waals surface area contributed by atoms with Crippen LogP contribution in [0.15, 0.2) is 35.3 Å². The van der Waals surface area contributed by atoms with Crippen molar-refractivity contribution in [2.24, 2.45) is 4.99 Å². The number of aliphatic imine (C=N–C) groups is 1. The molecule has 0 aromatic heterocycles. The maximum atomic E-state index is 5.65. The van der Waals surface area contributed by atoms with Gasteiger partial charge in [-0.05, 0) is 31.7 Å². The van der Waals surface area contributed by atoms with Crippen molar-refractivity contribution in [1.29, 1.82) is 0 Å². The van der Waals surface area contributed by atoms with Crippen LogP contribution >= 0.6 is 0 Å². The highest BCUT2D eigenvalue weighted by atomic mass is 16.5. The lowest BCUT2D eigenvalue weighted by Crippen LogP contribution is -2.37. The number of nitrogens with one attached hydrogen (secondary N) is 2. The molecule has 0 aliphatic heterocycles. The topological polar surface area (TPSA) is 45.7 Å². The Morgan fingerprint density at radius 2 is 2.00 bits per heavy atom. The molecule has 0 radical (unpaired) electrons. The SMILES string of the molecule is C#CCNC(=NCCCCOCCc1ccccc1)NCC. The molecule has 0 amide bonds. The van der Waals surface area contributed by atoms with E-state index < -0.39 is 0 Å². The molecule has 22 heavy (non-hydrogen) atoms. The van der Waals surface area contributed by atoms with Crippen LogP contribution in [0.5, 0.6) is 0 Å². The summed E-state index contributed by atoms with van der Waals surface area (Å²) in [7, 11) is 0. The Morgan fingerprint density at radius 3 is 2.73 bits per heavy atom. The molecule has 4 nitrogen and oxygen atoms in total. The van der Waals surface area contributed by atoms with Crippen LogP contribution in [0.1, 0.15) is 25.3 Å². The predicted octanol–water partition coefficient (Wildman–Crippen LogP) is 2.21. The van der Waals surface area contributed by atoms with Crippen LogP contribution in [-0.4, -0.2) is 38.8 Å². The molecule has 4 heteroatoms. The molecular weight excluding hydrogens is 274 g/mol. The molecule has 0 aliphatic carbocycles. The second kappa shape index (κ2) is 12.7. The van der Waals surface area contributed by atoms with Gasteiger partial charge in [-0.2, -0.15) is 0 Å². The summed E-state index contributed by atoms with van der Waals surface area (Å²) in [5, 5.41) is 6.23. The maximum Gasteiger partial charge on any atom is 0.192 e. The fraction of sp³-hybridized carbons (Fsp3) is 0.500. The Labute approximate surface area is 134 Å². The van der Waals surface area contributed by atoms with Crippen LogP contribution in [0.4, 0.5) is 0 Å². The van der Waals surface area contributed by atoms with E-state index in [1.807, 2.05) is 13.0 Å². The van der Waals surface area contributed by atoms with E-state index in [0.717, 1.165) is 51.5 Å². The third-order valence-electron chi connectivity index (χ3n) is 3.05. The summed E-state index contributed by atoms with van der Waals surface area (Å²) in [5.41, 5.74) is 1.32. The Morgan fingerprint density at radius 1 is 1.18 bits per heavy atom. The van der Waals surface area contributed by atoms with Gasteiger partial charge >= 0.3 is 0 Å². The number of benzene rings is 1. The molecule has 0 saturated heterocycles. The van der Waals surface area contributed by atoms with Gasteiger partial charge in [0.05, 0.1) is 13.2 Å². The van der Waals surface area contributed by atoms with E-state index in [1.165, 1.54) is 5.56 Å². The van der Waals surface area contributed by atoms with Gasteiger partial charge in [0.2, 0.25) is 0 Å². The second-order valence-corrected chi connectivity index (χ2v) is 4.87. The zero-order valence-electron chi connectivity index (χ0n) is 13.5. The van der Waals surface area contributed by atoms with E-state index in [4.69, 9.17) is 11.2 Å². The molecule has 0 bridgehead atoms. The second-order valence-electron chi connectivity index (χ2n) is 4.87. The zero-order chi connectivity index (χ0) is 15.9. The molecule has 0 saturated carbocycles. The minimum atomic E-state index is 0.494. The number of ether oxygens (including phenoxy) is 1. The van der Waals surface area contributed by atoms with E-state index in [-0.39, 0.29) is 0 Å². The Bertz CT molecular complexity index is 451. The molecule has 0 unspecified atom stereocenters. The molecule has 1 aromatic carbocycles. The third kappa shape index (κ3) is 9.04. The molecule has 0 fully saturated rings. The lowest BCUT2D eigenvalue weighted by Gasteiger charge is -2.08. The molecule has 0 aliphatic rings. The van der Waals surface area contributed by atoms with Gasteiger partial charge in [0, 0.05) is 19.7 Å². The molecule has 2 N–H and O–H groups in total. The minimum Gasteiger partial charge on any atom is -0.381 e. The Balaban J connectivity index is 2.03. The van der Waals surface area contributed by atoms with Crippen molar-refractivity contribution in [2.75, 3.05) is 32.8 Å². The minimum absolute atomic E-state index is 0.494. The van der Waals surface area contributed by atoms with Crippen molar-refractivity contribution in [3.8, 4) is 12.3 Å². The molecule has 120 valence electrons. The van der Waals surface area contributed by atoms with Gasteiger partial charge in [0.15, 0.2) is 5.96 Å². The summed E-state index contributed by atoms with van der Waals surface area (Å²) in [6, 6.07) is 10.4. The van der Waals surface area contributed by atoms with Crippen molar-refractivity contribution in [3.05, 3.63) is 35.9 Å². The van der Waals surface area contributed by atoms with Crippen molar-refractivity contribution in [2.45, 2.75) is 26.2 Å². The first-order chi connectivity index (χ1) is 10.9. The summed E-state index contributed by atoms with van der Waals surface area (Å²) < 4.78 is 5.65. The summed E-state index contributed by atoms with van der Waals surface area (Å²) in [5.74, 6) is 3.33. The average molecular weight is 301 g/mol. The standard InChI is InChI=1S/C18H27N3O/c1-3-13-20-18(19-4-2)21-14-8-9-15-22-16-12-17-10-6-5-7-11-17/h1,5-7,10-11H,4,8-9,12-16H2,2H3,(H2,19,20,21). The lowest BCUT2D eigenvalue weighted by atomic mass is 10.2. The van der Waals surface area contributed by atoms with Crippen LogP contribution in [0.2, 0.25) is 0 Å². The van der Waals surface area contributed by atoms with Crippen molar-refractivity contribution >= 4 is 5.96 Å². The van der Waals surface area contributed by atoms with E-state index >= 15 is 0 Å². The number of guanidine groups is 1. The average Bonchev–Trinajstić information content (AvgIpc) is 2.55. The summed E-state index contributed by atoms with van der Waals surface area (Å²) in [6.45, 7) is 5.71. The number of hydrogen-bond donors (Lipinski definition) is 2. The van der Waals surface area contributed by atoms with Crippen LogP contribution in [0.3, 0.4) is 0 Å². The Hall–Kier alpha value is -1.99. The van der Waals surface area contributed by atoms with Gasteiger partial charge in [-0.3, -0.25) is 4.99 Å². The summed E-state index contributed by atoms with van der Waals surface area (Å²) in [4.78, 5) is 4.46. The zero-order valence-corrected chi connectivity index (χ0v) is 13.5. The van der Waals surface area contributed by atoms with E-state index in [9.17, 15) is 0 Å². The van der Waals surface area contributed by atoms with Crippen LogP contribution < -0.4 is 10.6 Å². The van der Waals surface area contributed by atoms with Crippen molar-refractivity contribution < 1.29 is 4.74 Å². The van der Waals surface area contributed by atoms with Crippen LogP contribution in [0.25, 0.3) is 0 Å². The van der Waals surface area contributed by atoms with Gasteiger partial charge in [-0.1, -0.05) is 36.3 Å². The van der Waals surface area contributed by atoms with Gasteiger partial charge in [-0.15, -0.1) is 6.42 Å². The number of nitrogens with zero attached hydrogens (tertiary/aromatic N) is 1. The van der Waals surface area contributed by atoms with Crippen LogP contribution in [-0.2, 0) is 11.2 Å². The molecule has 1 rings (SSSR count). The van der Waals surface area contributed by atoms with E-state index in [1.54, 1.807) is 0 Å². The molecule has 1 aromatic rings. The van der Waals surface area contributed by atoms with Gasteiger partial charge < -0.3 is 15.4 Å². The monoisotopic (exact) mass is 301 g/mol. The third-order valence-corrected chi connectivity index (χ3v) is 3.05. The number of unbranched alkanes of at least 4 members (excludes halogenated alkanes) is 1. The van der Waals surface area contributed by atoms with Crippen molar-refractivity contribution in [3.63, 3.8) is 0 Å². The summed E-state index contributed by atoms with van der Waals surface area (Å²) >= 11 is 0. The first-order valence-electron chi connectivity index (χ1n) is 7.94. The molecular formula is C18H27N3O. The fourth-order valence-electron chi connectivity index (χ4n) is 1.92. The van der Waals surface area contributed by atoms with E-state index in [2.05, 4.69) is 45.8 Å². The van der Waals surface area contributed by atoms with Crippen LogP contribution in [0, 0.1) is 12.3 Å². The highest BCUT2D eigenvalue weighted by Crippen LogP contribution is 2.00. The molecule has 0 spiro atoms. The first kappa shape index (κ1) is 18.1. The van der Waals surface area contributed by atoms with Gasteiger partial charge in [0.25, 0.3) is 0 Å². The predicted molar refractivity (Wildman–Crippen MR) is 93.0 cm³/mol. The number of rotatable bonds is 10. The summed E-state index contributed by atoms with van der Waals surface area (Å²) in [6.07, 6.45) is 8.23. The van der Waals surface area contributed by atoms with E-state index in [0.29, 0.717) is 6.54 Å². The van der Waals surface area contributed by atoms with Gasteiger partial charge in [-0.25, -0.2) is 0 Å². The largest absolute Gasteiger partial charge is 0.381 e. The first-order valence-corrected chi connectivity index (χ1v) is 7.94. The maximum absolute atomic E-state index is 5.65. The molecule has 0 heterocycles. The molecule has 0 atom stereocenters. The van der Waals surface area contributed by atoms with Gasteiger partial charge in [0.1, 0.15) is 0 Å². The Kier molecular flexibility index (Phi) is 10.4. The highest BCUT2D eigenvalue weighted by Gasteiger charge is 1.95. The lowest BCUT2D eigenvalue weighted by molar-refractivity contribution is 0.134. The normalized spacial score (nSPS) is 11.0. The highest BCUT2D eigenvalue weighted by molar-refractivity contribution is 5.79. The number of terminal acetylenes is 1.